The van der Waals surface area contributed by atoms with Crippen LogP contribution in [0.4, 0.5) is 0 Å². The summed E-state index contributed by atoms with van der Waals surface area (Å²) in [5.41, 5.74) is 4.30. The van der Waals surface area contributed by atoms with Gasteiger partial charge in [-0.1, -0.05) is 30.3 Å². The van der Waals surface area contributed by atoms with Crippen molar-refractivity contribution in [3.05, 3.63) is 75.6 Å². The highest BCUT2D eigenvalue weighted by Crippen LogP contribution is 2.43. The summed E-state index contributed by atoms with van der Waals surface area (Å²) in [7, 11) is 1.69. The van der Waals surface area contributed by atoms with Gasteiger partial charge in [0.2, 0.25) is 6.79 Å². The predicted octanol–water partition coefficient (Wildman–Crippen LogP) is 4.82. The molecular weight excluding hydrogens is 390 g/mol. The lowest BCUT2D eigenvalue weighted by molar-refractivity contribution is 0.174. The van der Waals surface area contributed by atoms with E-state index in [1.165, 1.54) is 5.56 Å². The summed E-state index contributed by atoms with van der Waals surface area (Å²) in [5, 5.41) is 2.99. The number of benzene rings is 3. The van der Waals surface area contributed by atoms with Crippen molar-refractivity contribution in [2.24, 2.45) is 0 Å². The lowest BCUT2D eigenvalue weighted by Gasteiger charge is -2.23. The minimum Gasteiger partial charge on any atom is -0.496 e. The van der Waals surface area contributed by atoms with Crippen LogP contribution in [0, 0.1) is 0 Å². The van der Waals surface area contributed by atoms with E-state index in [0.29, 0.717) is 18.0 Å². The number of aryl methyl sites for hydroxylation is 1. The van der Waals surface area contributed by atoms with Gasteiger partial charge in [-0.3, -0.25) is 4.79 Å². The van der Waals surface area contributed by atoms with Crippen LogP contribution in [0.2, 0.25) is 0 Å². The molecule has 2 aliphatic rings. The maximum Gasteiger partial charge on any atom is 0.254 e. The van der Waals surface area contributed by atoms with E-state index in [1.54, 1.807) is 7.11 Å². The van der Waals surface area contributed by atoms with Crippen molar-refractivity contribution in [2.75, 3.05) is 13.9 Å². The molecule has 0 amide bonds. The van der Waals surface area contributed by atoms with Crippen LogP contribution in [0.15, 0.2) is 53.3 Å². The number of fused-ring (bicyclic) bond motifs is 6. The Balaban J connectivity index is 1.77. The van der Waals surface area contributed by atoms with Crippen molar-refractivity contribution >= 4 is 21.7 Å². The van der Waals surface area contributed by atoms with Crippen molar-refractivity contribution in [3.63, 3.8) is 0 Å². The SMILES string of the molecule is COc1cc2c3c(c(=O)n(Cc4ccccc4)c2c2cc4c(cc12)OCO4)CCCC3. The molecule has 1 aromatic heterocycles. The number of rotatable bonds is 3. The molecule has 0 N–H and O–H groups in total. The molecule has 5 heteroatoms. The fourth-order valence-corrected chi connectivity index (χ4v) is 5.07. The summed E-state index contributed by atoms with van der Waals surface area (Å²) < 4.78 is 19.0. The molecule has 4 aromatic rings. The molecule has 0 spiro atoms. The van der Waals surface area contributed by atoms with Crippen LogP contribution in [-0.2, 0) is 19.4 Å². The van der Waals surface area contributed by atoms with Gasteiger partial charge >= 0.3 is 0 Å². The third-order valence-corrected chi connectivity index (χ3v) is 6.53. The zero-order valence-electron chi connectivity index (χ0n) is 17.4. The Kier molecular flexibility index (Phi) is 4.16. The van der Waals surface area contributed by atoms with Crippen LogP contribution in [0.1, 0.15) is 29.5 Å². The Bertz CT molecular complexity index is 1390. The molecule has 156 valence electrons. The van der Waals surface area contributed by atoms with Gasteiger partial charge in [-0.05, 0) is 55.0 Å². The Morgan fingerprint density at radius 1 is 0.903 bits per heavy atom. The van der Waals surface area contributed by atoms with Crippen LogP contribution in [0.5, 0.6) is 17.2 Å². The second-order valence-corrected chi connectivity index (χ2v) is 8.27. The number of hydrogen-bond donors (Lipinski definition) is 0. The molecule has 0 fully saturated rings. The maximum absolute atomic E-state index is 13.7. The molecule has 0 atom stereocenters. The third kappa shape index (κ3) is 2.80. The summed E-state index contributed by atoms with van der Waals surface area (Å²) in [6.07, 6.45) is 3.92. The zero-order valence-corrected chi connectivity index (χ0v) is 17.4. The highest BCUT2D eigenvalue weighted by Gasteiger charge is 2.24. The molecule has 2 heterocycles. The first-order chi connectivity index (χ1) is 15.2. The van der Waals surface area contributed by atoms with Gasteiger partial charge in [-0.2, -0.15) is 0 Å². The molecule has 0 radical (unpaired) electrons. The predicted molar refractivity (Wildman–Crippen MR) is 121 cm³/mol. The summed E-state index contributed by atoms with van der Waals surface area (Å²) in [4.78, 5) is 13.7. The monoisotopic (exact) mass is 413 g/mol. The van der Waals surface area contributed by atoms with Crippen molar-refractivity contribution in [1.82, 2.24) is 4.57 Å². The molecule has 0 saturated carbocycles. The van der Waals surface area contributed by atoms with Gasteiger partial charge in [0.15, 0.2) is 11.5 Å². The molecule has 0 bridgehead atoms. The Labute approximate surface area is 179 Å². The lowest BCUT2D eigenvalue weighted by Crippen LogP contribution is -2.28. The molecule has 31 heavy (non-hydrogen) atoms. The smallest absolute Gasteiger partial charge is 0.254 e. The van der Waals surface area contributed by atoms with E-state index < -0.39 is 0 Å². The first kappa shape index (κ1) is 18.3. The van der Waals surface area contributed by atoms with Crippen molar-refractivity contribution in [2.45, 2.75) is 32.2 Å². The van der Waals surface area contributed by atoms with Crippen LogP contribution < -0.4 is 19.8 Å². The number of hydrogen-bond acceptors (Lipinski definition) is 4. The van der Waals surface area contributed by atoms with E-state index in [1.807, 2.05) is 34.9 Å². The number of aromatic nitrogens is 1. The number of methoxy groups -OCH3 is 1. The average molecular weight is 413 g/mol. The van der Waals surface area contributed by atoms with Crippen LogP contribution in [-0.4, -0.2) is 18.5 Å². The van der Waals surface area contributed by atoms with E-state index in [4.69, 9.17) is 14.2 Å². The number of pyridine rings is 1. The first-order valence-electron chi connectivity index (χ1n) is 10.8. The van der Waals surface area contributed by atoms with Gasteiger partial charge in [-0.15, -0.1) is 0 Å². The largest absolute Gasteiger partial charge is 0.496 e. The van der Waals surface area contributed by atoms with Crippen LogP contribution in [0.3, 0.4) is 0 Å². The van der Waals surface area contributed by atoms with Gasteiger partial charge < -0.3 is 18.8 Å². The first-order valence-corrected chi connectivity index (χ1v) is 10.8. The highest BCUT2D eigenvalue weighted by molar-refractivity contribution is 6.11. The van der Waals surface area contributed by atoms with E-state index >= 15 is 0 Å². The van der Waals surface area contributed by atoms with Crippen molar-refractivity contribution in [1.29, 1.82) is 0 Å². The summed E-state index contributed by atoms with van der Waals surface area (Å²) in [6.45, 7) is 0.734. The molecule has 0 unspecified atom stereocenters. The van der Waals surface area contributed by atoms with E-state index in [0.717, 1.165) is 64.2 Å². The normalized spacial score (nSPS) is 14.7. The number of ether oxygens (including phenoxy) is 3. The third-order valence-electron chi connectivity index (χ3n) is 6.53. The molecule has 5 nitrogen and oxygen atoms in total. The van der Waals surface area contributed by atoms with E-state index in [-0.39, 0.29) is 12.4 Å². The Hall–Kier alpha value is -3.47. The molecule has 6 rings (SSSR count). The molecule has 3 aromatic carbocycles. The second kappa shape index (κ2) is 7.05. The Morgan fingerprint density at radius 3 is 2.35 bits per heavy atom. The van der Waals surface area contributed by atoms with Gasteiger partial charge in [0.05, 0.1) is 19.2 Å². The molecular formula is C26H23NO4. The zero-order chi connectivity index (χ0) is 20.9. The summed E-state index contributed by atoms with van der Waals surface area (Å²) in [6, 6.07) is 16.2. The highest BCUT2D eigenvalue weighted by atomic mass is 16.7. The lowest BCUT2D eigenvalue weighted by atomic mass is 9.88. The topological polar surface area (TPSA) is 49.7 Å². The van der Waals surface area contributed by atoms with E-state index in [2.05, 4.69) is 18.2 Å². The van der Waals surface area contributed by atoms with Gasteiger partial charge in [0.1, 0.15) is 5.75 Å². The second-order valence-electron chi connectivity index (χ2n) is 8.27. The average Bonchev–Trinajstić information content (AvgIpc) is 3.28. The standard InChI is InChI=1S/C26H23NO4/c1-29-22-12-20-17-9-5-6-10-18(17)26(28)27(14-16-7-3-2-4-8-16)25(20)21-13-24-23(11-19(21)22)30-15-31-24/h2-4,7-8,11-13H,5-6,9-10,14-15H2,1H3. The fraction of sp³-hybridized carbons (Fsp3) is 0.269. The van der Waals surface area contributed by atoms with Crippen LogP contribution in [0.25, 0.3) is 21.7 Å². The van der Waals surface area contributed by atoms with Gasteiger partial charge in [0, 0.05) is 21.7 Å². The van der Waals surface area contributed by atoms with E-state index in [9.17, 15) is 4.79 Å². The molecule has 0 saturated heterocycles. The fourth-order valence-electron chi connectivity index (χ4n) is 5.07. The van der Waals surface area contributed by atoms with Gasteiger partial charge in [0.25, 0.3) is 5.56 Å². The summed E-state index contributed by atoms with van der Waals surface area (Å²) >= 11 is 0. The van der Waals surface area contributed by atoms with Gasteiger partial charge in [-0.25, -0.2) is 0 Å². The van der Waals surface area contributed by atoms with Crippen molar-refractivity contribution in [3.8, 4) is 17.2 Å². The van der Waals surface area contributed by atoms with Crippen LogP contribution >= 0.6 is 0 Å². The summed E-state index contributed by atoms with van der Waals surface area (Å²) in [5.74, 6) is 2.21. The van der Waals surface area contributed by atoms with Crippen molar-refractivity contribution < 1.29 is 14.2 Å². The Morgan fingerprint density at radius 2 is 1.61 bits per heavy atom. The number of nitrogens with zero attached hydrogens (tertiary/aromatic N) is 1. The molecule has 1 aliphatic carbocycles. The minimum atomic E-state index is 0.121. The minimum absolute atomic E-state index is 0.121. The molecule has 1 aliphatic heterocycles. The quantitative estimate of drug-likeness (QED) is 0.452. The maximum atomic E-state index is 13.7.